The Morgan fingerprint density at radius 2 is 0.909 bits per heavy atom. The Morgan fingerprint density at radius 3 is 1.00 bits per heavy atom. The van der Waals surface area contributed by atoms with Crippen molar-refractivity contribution in [3.05, 3.63) is 0 Å². The number of hydrogen-bond acceptors (Lipinski definition) is 1. The molecule has 0 unspecified atom stereocenters. The SMILES string of the molecule is C1CCCCC1.CO.ClCCl. The number of aliphatic hydroxyl groups is 1. The standard InChI is InChI=1S/C6H12.CH2Cl2.CH4O/c1-2-4-6-5-3-1;2-1-3;1-2/h1-6H2;1H2;2H,1H3. The Labute approximate surface area is 79.7 Å². The first kappa shape index (κ1) is 14.1. The van der Waals surface area contributed by atoms with Gasteiger partial charge in [0, 0.05) is 7.11 Å². The van der Waals surface area contributed by atoms with Gasteiger partial charge in [0.15, 0.2) is 0 Å². The van der Waals surface area contributed by atoms with E-state index < -0.39 is 0 Å². The maximum Gasteiger partial charge on any atom is 0.0967 e. The van der Waals surface area contributed by atoms with E-state index in [1.807, 2.05) is 0 Å². The van der Waals surface area contributed by atoms with Gasteiger partial charge in [0.25, 0.3) is 0 Å². The van der Waals surface area contributed by atoms with Crippen LogP contribution in [0.25, 0.3) is 0 Å². The summed E-state index contributed by atoms with van der Waals surface area (Å²) in [5, 5.41) is 7.19. The highest BCUT2D eigenvalue weighted by Gasteiger charge is 1.95. The van der Waals surface area contributed by atoms with Crippen LogP contribution in [0.1, 0.15) is 38.5 Å². The molecule has 0 amide bonds. The zero-order valence-electron chi connectivity index (χ0n) is 7.15. The molecule has 0 bridgehead atoms. The maximum atomic E-state index is 7.00. The molecule has 0 radical (unpaired) electrons. The van der Waals surface area contributed by atoms with E-state index in [0.717, 1.165) is 7.11 Å². The summed E-state index contributed by atoms with van der Waals surface area (Å²) >= 11 is 9.53. The van der Waals surface area contributed by atoms with E-state index in [1.54, 1.807) is 0 Å². The molecular formula is C8H18Cl2O. The van der Waals surface area contributed by atoms with Crippen molar-refractivity contribution >= 4 is 23.2 Å². The molecule has 0 aliphatic heterocycles. The van der Waals surface area contributed by atoms with Gasteiger partial charge in [-0.2, -0.15) is 0 Å². The summed E-state index contributed by atoms with van der Waals surface area (Å²) in [5.41, 5.74) is 0. The molecule has 1 saturated carbocycles. The molecular weight excluding hydrogens is 183 g/mol. The predicted octanol–water partition coefficient (Wildman–Crippen LogP) is 3.37. The van der Waals surface area contributed by atoms with Crippen LogP contribution in [0.2, 0.25) is 0 Å². The molecule has 1 aliphatic carbocycles. The minimum Gasteiger partial charge on any atom is -0.400 e. The van der Waals surface area contributed by atoms with Gasteiger partial charge in [-0.05, 0) is 0 Å². The van der Waals surface area contributed by atoms with Gasteiger partial charge < -0.3 is 5.11 Å². The topological polar surface area (TPSA) is 20.2 Å². The molecule has 3 heteroatoms. The molecule has 0 aromatic carbocycles. The van der Waals surface area contributed by atoms with Crippen molar-refractivity contribution in [2.24, 2.45) is 0 Å². The molecule has 0 spiro atoms. The molecule has 11 heavy (non-hydrogen) atoms. The molecule has 0 atom stereocenters. The average Bonchev–Trinajstić information content (AvgIpc) is 2.12. The number of alkyl halides is 2. The highest BCUT2D eigenvalue weighted by atomic mass is 35.5. The van der Waals surface area contributed by atoms with Crippen molar-refractivity contribution in [3.8, 4) is 0 Å². The normalized spacial score (nSPS) is 15.3. The third-order valence-corrected chi connectivity index (χ3v) is 1.50. The predicted molar refractivity (Wildman–Crippen MR) is 52.4 cm³/mol. The molecule has 0 aromatic heterocycles. The Bertz CT molecular complexity index is 35.8. The van der Waals surface area contributed by atoms with Gasteiger partial charge >= 0.3 is 0 Å². The zero-order valence-corrected chi connectivity index (χ0v) is 8.66. The molecule has 1 nitrogen and oxygen atoms in total. The van der Waals surface area contributed by atoms with E-state index in [4.69, 9.17) is 28.3 Å². The third kappa shape index (κ3) is 18.0. The molecule has 0 saturated heterocycles. The summed E-state index contributed by atoms with van der Waals surface area (Å²) in [6, 6.07) is 0. The second kappa shape index (κ2) is 16.9. The van der Waals surface area contributed by atoms with E-state index in [1.165, 1.54) is 38.5 Å². The number of halogens is 2. The van der Waals surface area contributed by atoms with Gasteiger partial charge in [0.2, 0.25) is 0 Å². The fourth-order valence-corrected chi connectivity index (χ4v) is 1.06. The lowest BCUT2D eigenvalue weighted by Crippen LogP contribution is -1.85. The number of hydrogen-bond donors (Lipinski definition) is 1. The van der Waals surface area contributed by atoms with Crippen LogP contribution in [-0.4, -0.2) is 17.6 Å². The summed E-state index contributed by atoms with van der Waals surface area (Å²) in [6.45, 7) is 0. The fourth-order valence-electron chi connectivity index (χ4n) is 1.06. The first-order chi connectivity index (χ1) is 5.41. The van der Waals surface area contributed by atoms with Crippen molar-refractivity contribution in [3.63, 3.8) is 0 Å². The van der Waals surface area contributed by atoms with E-state index in [0.29, 0.717) is 0 Å². The van der Waals surface area contributed by atoms with Gasteiger partial charge in [-0.15, -0.1) is 23.2 Å². The summed E-state index contributed by atoms with van der Waals surface area (Å²) in [6.07, 6.45) is 9.00. The van der Waals surface area contributed by atoms with Gasteiger partial charge in [0.1, 0.15) is 0 Å². The summed E-state index contributed by atoms with van der Waals surface area (Å²) < 4.78 is 0. The summed E-state index contributed by atoms with van der Waals surface area (Å²) in [5.74, 6) is 0. The highest BCUT2D eigenvalue weighted by molar-refractivity contribution is 6.40. The van der Waals surface area contributed by atoms with Gasteiger partial charge in [-0.3, -0.25) is 0 Å². The second-order valence-corrected chi connectivity index (χ2v) is 3.03. The van der Waals surface area contributed by atoms with Crippen LogP contribution in [0.15, 0.2) is 0 Å². The second-order valence-electron chi connectivity index (χ2n) is 2.22. The van der Waals surface area contributed by atoms with Crippen LogP contribution in [0.5, 0.6) is 0 Å². The van der Waals surface area contributed by atoms with Gasteiger partial charge in [0.05, 0.1) is 5.34 Å². The van der Waals surface area contributed by atoms with Crippen molar-refractivity contribution in [1.82, 2.24) is 0 Å². The minimum atomic E-state index is 0.194. The first-order valence-electron chi connectivity index (χ1n) is 3.98. The van der Waals surface area contributed by atoms with Crippen LogP contribution in [0, 0.1) is 0 Å². The molecule has 1 rings (SSSR count). The monoisotopic (exact) mass is 200 g/mol. The maximum absolute atomic E-state index is 7.00. The molecule has 1 fully saturated rings. The van der Waals surface area contributed by atoms with Crippen LogP contribution in [-0.2, 0) is 0 Å². The van der Waals surface area contributed by atoms with Crippen molar-refractivity contribution in [1.29, 1.82) is 0 Å². The van der Waals surface area contributed by atoms with Crippen LogP contribution in [0.3, 0.4) is 0 Å². The molecule has 1 aliphatic rings. The van der Waals surface area contributed by atoms with E-state index in [-0.39, 0.29) is 5.34 Å². The first-order valence-corrected chi connectivity index (χ1v) is 5.05. The lowest BCUT2D eigenvalue weighted by atomic mass is 10.0. The minimum absolute atomic E-state index is 0.194. The molecule has 70 valence electrons. The Morgan fingerprint density at radius 1 is 0.818 bits per heavy atom. The number of aliphatic hydroxyl groups excluding tert-OH is 1. The Hall–Kier alpha value is 0.540. The quantitative estimate of drug-likeness (QED) is 0.595. The van der Waals surface area contributed by atoms with Crippen molar-refractivity contribution < 1.29 is 5.11 Å². The van der Waals surface area contributed by atoms with Crippen molar-refractivity contribution in [2.45, 2.75) is 38.5 Å². The fraction of sp³-hybridized carbons (Fsp3) is 1.00. The summed E-state index contributed by atoms with van der Waals surface area (Å²) in [7, 11) is 1.00. The van der Waals surface area contributed by atoms with Crippen LogP contribution < -0.4 is 0 Å². The zero-order chi connectivity index (χ0) is 8.95. The van der Waals surface area contributed by atoms with E-state index in [2.05, 4.69) is 0 Å². The van der Waals surface area contributed by atoms with E-state index in [9.17, 15) is 0 Å². The molecule has 0 heterocycles. The third-order valence-electron chi connectivity index (χ3n) is 1.50. The average molecular weight is 201 g/mol. The van der Waals surface area contributed by atoms with Gasteiger partial charge in [-0.25, -0.2) is 0 Å². The largest absolute Gasteiger partial charge is 0.400 e. The van der Waals surface area contributed by atoms with E-state index >= 15 is 0 Å². The Kier molecular flexibility index (Phi) is 21.6. The Balaban J connectivity index is 0. The van der Waals surface area contributed by atoms with Crippen LogP contribution in [0.4, 0.5) is 0 Å². The highest BCUT2D eigenvalue weighted by Crippen LogP contribution is 2.15. The number of rotatable bonds is 0. The summed E-state index contributed by atoms with van der Waals surface area (Å²) in [4.78, 5) is 0. The lowest BCUT2D eigenvalue weighted by Gasteiger charge is -2.05. The smallest absolute Gasteiger partial charge is 0.0967 e. The lowest BCUT2D eigenvalue weighted by molar-refractivity contribution is 0.399. The van der Waals surface area contributed by atoms with Gasteiger partial charge in [-0.1, -0.05) is 38.5 Å². The van der Waals surface area contributed by atoms with Crippen molar-refractivity contribution in [2.75, 3.05) is 12.4 Å². The van der Waals surface area contributed by atoms with Crippen LogP contribution >= 0.6 is 23.2 Å². The molecule has 0 aromatic rings. The molecule has 1 N–H and O–H groups in total.